The Morgan fingerprint density at radius 2 is 0.893 bits per heavy atom. The van der Waals surface area contributed by atoms with Crippen molar-refractivity contribution in [2.75, 3.05) is 5.73 Å². The van der Waals surface area contributed by atoms with Crippen LogP contribution in [0, 0.1) is 20.8 Å². The van der Waals surface area contributed by atoms with Crippen molar-refractivity contribution in [1.82, 2.24) is 0 Å². The number of nitrogen functional groups attached to an aromatic ring is 1. The lowest BCUT2D eigenvalue weighted by Gasteiger charge is -2.17. The van der Waals surface area contributed by atoms with Gasteiger partial charge in [0.1, 0.15) is 0 Å². The third-order valence-electron chi connectivity index (χ3n) is 5.43. The van der Waals surface area contributed by atoms with Crippen LogP contribution in [0.4, 0.5) is 5.69 Å². The standard InChI is InChI=1S/C27H25N/c1-18-14-19(2)24(16-23(18)21-10-6-4-7-11-21)25-17-26(27(28)15-20(25)3)22-12-8-5-9-13-22/h4-17H,28H2,1-3H3. The first-order valence-corrected chi connectivity index (χ1v) is 9.67. The highest BCUT2D eigenvalue weighted by molar-refractivity contribution is 5.86. The highest BCUT2D eigenvalue weighted by Crippen LogP contribution is 2.38. The summed E-state index contributed by atoms with van der Waals surface area (Å²) in [6.45, 7) is 6.52. The lowest BCUT2D eigenvalue weighted by molar-refractivity contribution is 1.36. The van der Waals surface area contributed by atoms with Gasteiger partial charge in [0.25, 0.3) is 0 Å². The normalized spacial score (nSPS) is 10.8. The van der Waals surface area contributed by atoms with Crippen molar-refractivity contribution in [1.29, 1.82) is 0 Å². The molecule has 0 radical (unpaired) electrons. The Labute approximate surface area is 167 Å². The van der Waals surface area contributed by atoms with Crippen LogP contribution in [0.25, 0.3) is 33.4 Å². The van der Waals surface area contributed by atoms with Gasteiger partial charge >= 0.3 is 0 Å². The van der Waals surface area contributed by atoms with Crippen molar-refractivity contribution in [3.63, 3.8) is 0 Å². The molecule has 0 spiro atoms. The zero-order chi connectivity index (χ0) is 19.7. The molecule has 0 aliphatic rings. The molecule has 0 saturated heterocycles. The van der Waals surface area contributed by atoms with E-state index in [1.807, 2.05) is 6.07 Å². The average Bonchev–Trinajstić information content (AvgIpc) is 2.70. The second kappa shape index (κ2) is 7.36. The lowest BCUT2D eigenvalue weighted by Crippen LogP contribution is -1.96. The summed E-state index contributed by atoms with van der Waals surface area (Å²) in [4.78, 5) is 0. The quantitative estimate of drug-likeness (QED) is 0.383. The molecular weight excluding hydrogens is 338 g/mol. The van der Waals surface area contributed by atoms with E-state index in [0.29, 0.717) is 0 Å². The van der Waals surface area contributed by atoms with Crippen LogP contribution in [0.3, 0.4) is 0 Å². The zero-order valence-corrected chi connectivity index (χ0v) is 16.7. The molecule has 0 atom stereocenters. The minimum absolute atomic E-state index is 0.820. The lowest BCUT2D eigenvalue weighted by atomic mass is 9.88. The maximum absolute atomic E-state index is 6.38. The fourth-order valence-corrected chi connectivity index (χ4v) is 3.96. The van der Waals surface area contributed by atoms with Crippen LogP contribution in [0.5, 0.6) is 0 Å². The number of rotatable bonds is 3. The summed E-state index contributed by atoms with van der Waals surface area (Å²) >= 11 is 0. The molecule has 0 unspecified atom stereocenters. The largest absolute Gasteiger partial charge is 0.398 e. The van der Waals surface area contributed by atoms with Crippen LogP contribution in [-0.4, -0.2) is 0 Å². The van der Waals surface area contributed by atoms with Crippen LogP contribution in [0.15, 0.2) is 84.9 Å². The van der Waals surface area contributed by atoms with E-state index in [1.54, 1.807) is 0 Å². The molecule has 0 aliphatic carbocycles. The second-order valence-electron chi connectivity index (χ2n) is 7.47. The van der Waals surface area contributed by atoms with Gasteiger partial charge in [0, 0.05) is 11.3 Å². The van der Waals surface area contributed by atoms with Gasteiger partial charge in [0.2, 0.25) is 0 Å². The molecule has 0 aromatic heterocycles. The summed E-state index contributed by atoms with van der Waals surface area (Å²) in [6, 6.07) is 29.9. The maximum atomic E-state index is 6.38. The molecule has 0 heterocycles. The van der Waals surface area contributed by atoms with Crippen molar-refractivity contribution in [3.8, 4) is 33.4 Å². The Hall–Kier alpha value is -3.32. The minimum Gasteiger partial charge on any atom is -0.398 e. The molecule has 4 aromatic carbocycles. The van der Waals surface area contributed by atoms with Crippen LogP contribution in [0.2, 0.25) is 0 Å². The Morgan fingerprint density at radius 1 is 0.464 bits per heavy atom. The van der Waals surface area contributed by atoms with Crippen LogP contribution in [0.1, 0.15) is 16.7 Å². The number of hydrogen-bond donors (Lipinski definition) is 1. The molecule has 0 amide bonds. The van der Waals surface area contributed by atoms with E-state index >= 15 is 0 Å². The first-order valence-electron chi connectivity index (χ1n) is 9.67. The van der Waals surface area contributed by atoms with E-state index in [4.69, 9.17) is 5.73 Å². The van der Waals surface area contributed by atoms with Gasteiger partial charge in [-0.1, -0.05) is 66.7 Å². The first-order chi connectivity index (χ1) is 13.5. The summed E-state index contributed by atoms with van der Waals surface area (Å²) in [7, 11) is 0. The van der Waals surface area contributed by atoms with E-state index < -0.39 is 0 Å². The van der Waals surface area contributed by atoms with Gasteiger partial charge in [-0.3, -0.25) is 0 Å². The highest BCUT2D eigenvalue weighted by Gasteiger charge is 2.13. The third kappa shape index (κ3) is 3.32. The third-order valence-corrected chi connectivity index (χ3v) is 5.43. The molecule has 0 saturated carbocycles. The number of aryl methyl sites for hydroxylation is 3. The molecule has 0 fully saturated rings. The van der Waals surface area contributed by atoms with Crippen molar-refractivity contribution in [3.05, 3.63) is 102 Å². The van der Waals surface area contributed by atoms with Gasteiger partial charge in [-0.2, -0.15) is 0 Å². The average molecular weight is 364 g/mol. The van der Waals surface area contributed by atoms with Crippen LogP contribution in [-0.2, 0) is 0 Å². The van der Waals surface area contributed by atoms with E-state index in [9.17, 15) is 0 Å². The van der Waals surface area contributed by atoms with Crippen molar-refractivity contribution >= 4 is 5.69 Å². The first kappa shape index (κ1) is 18.1. The van der Waals surface area contributed by atoms with E-state index in [-0.39, 0.29) is 0 Å². The summed E-state index contributed by atoms with van der Waals surface area (Å²) in [6.07, 6.45) is 0. The second-order valence-corrected chi connectivity index (χ2v) is 7.47. The number of hydrogen-bond acceptors (Lipinski definition) is 1. The van der Waals surface area contributed by atoms with Crippen molar-refractivity contribution in [2.24, 2.45) is 0 Å². The van der Waals surface area contributed by atoms with E-state index in [1.165, 1.54) is 38.9 Å². The van der Waals surface area contributed by atoms with Crippen molar-refractivity contribution in [2.45, 2.75) is 20.8 Å². The Morgan fingerprint density at radius 3 is 1.46 bits per heavy atom. The fourth-order valence-electron chi connectivity index (χ4n) is 3.96. The predicted molar refractivity (Wildman–Crippen MR) is 121 cm³/mol. The van der Waals surface area contributed by atoms with Gasteiger partial charge in [-0.25, -0.2) is 0 Å². The smallest absolute Gasteiger partial charge is 0.0396 e. The van der Waals surface area contributed by atoms with Gasteiger partial charge < -0.3 is 5.73 Å². The minimum atomic E-state index is 0.820. The number of benzene rings is 4. The van der Waals surface area contributed by atoms with E-state index in [2.05, 4.69) is 99.6 Å². The number of nitrogens with two attached hydrogens (primary N) is 1. The van der Waals surface area contributed by atoms with Crippen LogP contribution >= 0.6 is 0 Å². The zero-order valence-electron chi connectivity index (χ0n) is 16.7. The molecule has 4 aromatic rings. The SMILES string of the molecule is Cc1cc(C)c(-c2cc(-c3ccccc3)c(N)cc2C)cc1-c1ccccc1. The Bertz CT molecular complexity index is 1030. The van der Waals surface area contributed by atoms with Gasteiger partial charge in [-0.15, -0.1) is 0 Å². The molecule has 4 rings (SSSR count). The molecule has 138 valence electrons. The molecule has 2 N–H and O–H groups in total. The molecular formula is C27H25N. The van der Waals surface area contributed by atoms with Crippen molar-refractivity contribution < 1.29 is 0 Å². The topological polar surface area (TPSA) is 26.0 Å². The van der Waals surface area contributed by atoms with Crippen LogP contribution < -0.4 is 5.73 Å². The Kier molecular flexibility index (Phi) is 4.75. The molecule has 28 heavy (non-hydrogen) atoms. The fraction of sp³-hybridized carbons (Fsp3) is 0.111. The molecule has 1 heteroatoms. The number of anilines is 1. The summed E-state index contributed by atoms with van der Waals surface area (Å²) in [5.74, 6) is 0. The van der Waals surface area contributed by atoms with E-state index in [0.717, 1.165) is 16.8 Å². The summed E-state index contributed by atoms with van der Waals surface area (Å²) in [5, 5.41) is 0. The maximum Gasteiger partial charge on any atom is 0.0396 e. The van der Waals surface area contributed by atoms with Gasteiger partial charge in [-0.05, 0) is 83.5 Å². The Balaban J connectivity index is 1.92. The molecule has 1 nitrogen and oxygen atoms in total. The highest BCUT2D eigenvalue weighted by atomic mass is 14.6. The molecule has 0 aliphatic heterocycles. The monoisotopic (exact) mass is 363 g/mol. The van der Waals surface area contributed by atoms with Gasteiger partial charge in [0.05, 0.1) is 0 Å². The van der Waals surface area contributed by atoms with Gasteiger partial charge in [0.15, 0.2) is 0 Å². The summed E-state index contributed by atoms with van der Waals surface area (Å²) in [5.41, 5.74) is 18.2. The predicted octanol–water partition coefficient (Wildman–Crippen LogP) is 7.20. The molecule has 0 bridgehead atoms. The summed E-state index contributed by atoms with van der Waals surface area (Å²) < 4.78 is 0.